The number of thiophene rings is 1. The van der Waals surface area contributed by atoms with Crippen LogP contribution < -0.4 is 0 Å². The number of aliphatic imine (C=N–C) groups is 1. The molecule has 0 aliphatic carbocycles. The molecule has 4 rings (SSSR count). The fourth-order valence-corrected chi connectivity index (χ4v) is 5.40. The molecule has 8 heteroatoms. The van der Waals surface area contributed by atoms with Crippen LogP contribution in [0.5, 0.6) is 0 Å². The Labute approximate surface area is 196 Å². The number of carbonyl (C=O) groups is 2. The van der Waals surface area contributed by atoms with Crippen molar-refractivity contribution in [3.63, 3.8) is 0 Å². The number of benzene rings is 1. The second kappa shape index (κ2) is 9.75. The lowest BCUT2D eigenvalue weighted by Gasteiger charge is -2.35. The van der Waals surface area contributed by atoms with Gasteiger partial charge in [0.05, 0.1) is 17.7 Å². The van der Waals surface area contributed by atoms with E-state index < -0.39 is 0 Å². The van der Waals surface area contributed by atoms with E-state index in [1.165, 1.54) is 11.8 Å². The van der Waals surface area contributed by atoms with Crippen LogP contribution in [-0.4, -0.2) is 40.4 Å². The second-order valence-corrected chi connectivity index (χ2v) is 9.37. The summed E-state index contributed by atoms with van der Waals surface area (Å²) in [4.78, 5) is 35.3. The lowest BCUT2D eigenvalue weighted by atomic mass is 9.99. The highest BCUT2D eigenvalue weighted by molar-refractivity contribution is 8.16. The van der Waals surface area contributed by atoms with Crippen molar-refractivity contribution in [1.82, 2.24) is 9.80 Å². The van der Waals surface area contributed by atoms with E-state index in [2.05, 4.69) is 0 Å². The number of thioether (sulfide) groups is 1. The topological polar surface area (TPSA) is 62.2 Å². The lowest BCUT2D eigenvalue weighted by molar-refractivity contribution is -0.141. The van der Waals surface area contributed by atoms with Gasteiger partial charge in [0.15, 0.2) is 5.17 Å². The molecule has 0 fully saturated rings. The van der Waals surface area contributed by atoms with Gasteiger partial charge >= 0.3 is 5.97 Å². The van der Waals surface area contributed by atoms with Crippen LogP contribution in [0.25, 0.3) is 0 Å². The molecule has 0 N–H and O–H groups in total. The number of nitrogens with zero attached hydrogens (tertiary/aromatic N) is 3. The summed E-state index contributed by atoms with van der Waals surface area (Å²) in [6.45, 7) is 4.63. The summed E-state index contributed by atoms with van der Waals surface area (Å²) in [7, 11) is 1.80. The Morgan fingerprint density at radius 2 is 1.97 bits per heavy atom. The Bertz CT molecular complexity index is 1090. The van der Waals surface area contributed by atoms with E-state index in [0.717, 1.165) is 21.3 Å². The molecule has 0 saturated carbocycles. The number of carbonyl (C=O) groups excluding carboxylic acids is 2. The minimum atomic E-state index is -0.388. The molecule has 166 valence electrons. The molecule has 1 aromatic heterocycles. The largest absolute Gasteiger partial charge is 0.457 e. The Balaban J connectivity index is 1.64. The van der Waals surface area contributed by atoms with Gasteiger partial charge in [-0.2, -0.15) is 0 Å². The van der Waals surface area contributed by atoms with Gasteiger partial charge < -0.3 is 14.5 Å². The van der Waals surface area contributed by atoms with Crippen LogP contribution in [0.4, 0.5) is 0 Å². The molecule has 6 nitrogen and oxygen atoms in total. The van der Waals surface area contributed by atoms with Gasteiger partial charge in [0.2, 0.25) is 5.91 Å². The van der Waals surface area contributed by atoms with Crippen molar-refractivity contribution < 1.29 is 14.3 Å². The summed E-state index contributed by atoms with van der Waals surface area (Å²) in [5.74, 6) is -0.356. The Morgan fingerprint density at radius 1 is 1.19 bits per heavy atom. The first-order chi connectivity index (χ1) is 15.5. The number of ether oxygens (including phenoxy) is 1. The van der Waals surface area contributed by atoms with Crippen molar-refractivity contribution in [2.24, 2.45) is 4.99 Å². The predicted octanol–water partition coefficient (Wildman–Crippen LogP) is 4.93. The number of fused-ring (bicyclic) bond motifs is 1. The minimum absolute atomic E-state index is 0.0324. The molecule has 1 unspecified atom stereocenters. The van der Waals surface area contributed by atoms with Crippen molar-refractivity contribution >= 4 is 40.1 Å². The average Bonchev–Trinajstić information content (AvgIpc) is 3.47. The fourth-order valence-electron chi connectivity index (χ4n) is 3.61. The first-order valence-electron chi connectivity index (χ1n) is 10.4. The maximum Gasteiger partial charge on any atom is 0.338 e. The van der Waals surface area contributed by atoms with E-state index in [4.69, 9.17) is 9.73 Å². The van der Waals surface area contributed by atoms with Gasteiger partial charge in [-0.05, 0) is 36.3 Å². The monoisotopic (exact) mass is 467 g/mol. The summed E-state index contributed by atoms with van der Waals surface area (Å²) in [6, 6.07) is 13.2. The predicted molar refractivity (Wildman–Crippen MR) is 129 cm³/mol. The SMILES string of the molecule is CCN(C)C(=O)CC1=CSC2=NC(C)=C(C(=O)OCc3ccccc3)C(c3cccs3)N12. The summed E-state index contributed by atoms with van der Waals surface area (Å²) in [6.07, 6.45) is 0.254. The zero-order chi connectivity index (χ0) is 22.7. The number of rotatable bonds is 7. The molecule has 2 aromatic rings. The van der Waals surface area contributed by atoms with Gasteiger partial charge in [-0.3, -0.25) is 4.79 Å². The lowest BCUT2D eigenvalue weighted by Crippen LogP contribution is -2.38. The molecule has 1 aromatic carbocycles. The van der Waals surface area contributed by atoms with Crippen molar-refractivity contribution in [2.75, 3.05) is 13.6 Å². The summed E-state index contributed by atoms with van der Waals surface area (Å²) < 4.78 is 5.70. The Hall–Kier alpha value is -2.84. The van der Waals surface area contributed by atoms with Crippen LogP contribution in [0, 0.1) is 0 Å². The number of amidine groups is 1. The number of hydrogen-bond acceptors (Lipinski definition) is 7. The highest BCUT2D eigenvalue weighted by Crippen LogP contribution is 2.46. The van der Waals surface area contributed by atoms with Crippen LogP contribution in [0.15, 0.2) is 75.2 Å². The van der Waals surface area contributed by atoms with Crippen molar-refractivity contribution in [2.45, 2.75) is 32.9 Å². The maximum absolute atomic E-state index is 13.3. The Morgan fingerprint density at radius 3 is 2.66 bits per heavy atom. The molecule has 1 amide bonds. The quantitative estimate of drug-likeness (QED) is 0.540. The van der Waals surface area contributed by atoms with Crippen LogP contribution in [0.3, 0.4) is 0 Å². The van der Waals surface area contributed by atoms with E-state index in [1.54, 1.807) is 23.3 Å². The van der Waals surface area contributed by atoms with Crippen LogP contribution >= 0.6 is 23.1 Å². The van der Waals surface area contributed by atoms with Crippen LogP contribution in [0.2, 0.25) is 0 Å². The van der Waals surface area contributed by atoms with Gasteiger partial charge in [0.1, 0.15) is 12.6 Å². The third-order valence-electron chi connectivity index (χ3n) is 5.48. The van der Waals surface area contributed by atoms with Gasteiger partial charge in [0.25, 0.3) is 0 Å². The standard InChI is InChI=1S/C24H25N3O3S2/c1-4-26(3)20(28)13-18-15-32-24-25-16(2)21(22(27(18)24)19-11-8-12-31-19)23(29)30-14-17-9-6-5-7-10-17/h5-12,15,22H,4,13-14H2,1-3H3. The van der Waals surface area contributed by atoms with Gasteiger partial charge in [-0.25, -0.2) is 9.79 Å². The van der Waals surface area contributed by atoms with Gasteiger partial charge in [-0.15, -0.1) is 11.3 Å². The molecular formula is C24H25N3O3S2. The molecule has 0 bridgehead atoms. The second-order valence-electron chi connectivity index (χ2n) is 7.55. The third-order valence-corrected chi connectivity index (χ3v) is 7.29. The number of amides is 1. The molecular weight excluding hydrogens is 442 g/mol. The molecule has 0 spiro atoms. The van der Waals surface area contributed by atoms with Crippen LogP contribution in [0.1, 0.15) is 36.8 Å². The minimum Gasteiger partial charge on any atom is -0.457 e. The zero-order valence-electron chi connectivity index (χ0n) is 18.3. The molecule has 2 aliphatic heterocycles. The van der Waals surface area contributed by atoms with E-state index in [9.17, 15) is 9.59 Å². The first-order valence-corrected chi connectivity index (χ1v) is 12.2. The number of allylic oxidation sites excluding steroid dienone is 1. The summed E-state index contributed by atoms with van der Waals surface area (Å²) >= 11 is 3.06. The molecule has 0 radical (unpaired) electrons. The highest BCUT2D eigenvalue weighted by Gasteiger charge is 2.41. The smallest absolute Gasteiger partial charge is 0.338 e. The third kappa shape index (κ3) is 4.52. The van der Waals surface area contributed by atoms with Gasteiger partial charge in [-0.1, -0.05) is 48.2 Å². The number of esters is 1. The zero-order valence-corrected chi connectivity index (χ0v) is 19.9. The first kappa shape index (κ1) is 22.4. The molecule has 32 heavy (non-hydrogen) atoms. The van der Waals surface area contributed by atoms with Gasteiger partial charge in [0, 0.05) is 24.2 Å². The summed E-state index contributed by atoms with van der Waals surface area (Å²) in [5, 5.41) is 4.74. The molecule has 1 atom stereocenters. The average molecular weight is 468 g/mol. The van der Waals surface area contributed by atoms with Crippen molar-refractivity contribution in [3.05, 3.63) is 80.7 Å². The van der Waals surface area contributed by atoms with E-state index in [1.807, 2.05) is 72.0 Å². The Kier molecular flexibility index (Phi) is 6.81. The highest BCUT2D eigenvalue weighted by atomic mass is 32.2. The fraction of sp³-hybridized carbons (Fsp3) is 0.292. The molecule has 0 saturated heterocycles. The maximum atomic E-state index is 13.3. The van der Waals surface area contributed by atoms with Crippen molar-refractivity contribution in [3.8, 4) is 0 Å². The number of hydrogen-bond donors (Lipinski definition) is 0. The van der Waals surface area contributed by atoms with Crippen molar-refractivity contribution in [1.29, 1.82) is 0 Å². The van der Waals surface area contributed by atoms with Crippen LogP contribution in [-0.2, 0) is 20.9 Å². The molecule has 2 aliphatic rings. The summed E-state index contributed by atoms with van der Waals surface area (Å²) in [5.41, 5.74) is 2.93. The normalized spacial score (nSPS) is 17.6. The van der Waals surface area contributed by atoms with E-state index in [0.29, 0.717) is 17.8 Å². The molecule has 3 heterocycles. The van der Waals surface area contributed by atoms with E-state index in [-0.39, 0.29) is 30.9 Å². The van der Waals surface area contributed by atoms with E-state index >= 15 is 0 Å².